The van der Waals surface area contributed by atoms with Crippen molar-refractivity contribution in [3.63, 3.8) is 0 Å². The molecule has 0 unspecified atom stereocenters. The van der Waals surface area contributed by atoms with Crippen LogP contribution >= 0.6 is 0 Å². The van der Waals surface area contributed by atoms with E-state index in [-0.39, 0.29) is 0 Å². The van der Waals surface area contributed by atoms with E-state index in [1.165, 1.54) is 77.0 Å². The maximum Gasteiger partial charge on any atom is 0.540 e. The summed E-state index contributed by atoms with van der Waals surface area (Å²) in [7, 11) is 0. The van der Waals surface area contributed by atoms with Crippen LogP contribution in [0.25, 0.3) is 0 Å². The fraction of sp³-hybridized carbons (Fsp3) is 0.944. The molecule has 0 amide bonds. The highest BCUT2D eigenvalue weighted by Gasteiger charge is 2.00. The summed E-state index contributed by atoms with van der Waals surface area (Å²) in [6.45, 7) is 2.59. The first-order chi connectivity index (χ1) is 13.8. The van der Waals surface area contributed by atoms with Crippen LogP contribution in [0.1, 0.15) is 103 Å². The molecule has 0 fully saturated rings. The Bertz CT molecular complexity index is 317. The number of hydrogen-bond donors (Lipinski definition) is 1. The zero-order valence-corrected chi connectivity index (χ0v) is 16.9. The van der Waals surface area contributed by atoms with Gasteiger partial charge in [0.25, 0.3) is 0 Å². The van der Waals surface area contributed by atoms with Crippen LogP contribution in [0.2, 0.25) is 0 Å². The Morgan fingerprint density at radius 3 is 1.43 bits per heavy atom. The van der Waals surface area contributed by atoms with Crippen molar-refractivity contribution in [2.45, 2.75) is 103 Å². The monoisotopic (exact) mass is 412 g/mol. The van der Waals surface area contributed by atoms with Gasteiger partial charge in [0.05, 0.1) is 6.61 Å². The Morgan fingerprint density at radius 1 is 0.571 bits per heavy atom. The van der Waals surface area contributed by atoms with Crippen LogP contribution in [0, 0.1) is 0 Å². The number of rotatable bonds is 23. The van der Waals surface area contributed by atoms with Gasteiger partial charge in [0.1, 0.15) is 0 Å². The van der Waals surface area contributed by atoms with E-state index in [0.29, 0.717) is 6.61 Å². The standard InChI is InChI=1S/C18H36O10/c1-2-3-4-5-6-7-8-9-10-11-12-13-14-15-16-17-21-23-25-27-28-26-24-22-18(19)20/h2-17H2,1H3,(H,19,20). The minimum absolute atomic E-state index is 0.334. The van der Waals surface area contributed by atoms with Crippen molar-refractivity contribution in [3.8, 4) is 0 Å². The molecule has 0 aliphatic carbocycles. The van der Waals surface area contributed by atoms with E-state index in [4.69, 9.17) is 5.11 Å². The lowest BCUT2D eigenvalue weighted by Crippen LogP contribution is -2.05. The van der Waals surface area contributed by atoms with Crippen molar-refractivity contribution in [2.24, 2.45) is 0 Å². The van der Waals surface area contributed by atoms with Gasteiger partial charge in [-0.1, -0.05) is 96.8 Å². The molecule has 0 spiro atoms. The number of hydrogen-bond acceptors (Lipinski definition) is 9. The van der Waals surface area contributed by atoms with Crippen LogP contribution in [0.3, 0.4) is 0 Å². The van der Waals surface area contributed by atoms with E-state index in [9.17, 15) is 4.79 Å². The zero-order valence-electron chi connectivity index (χ0n) is 16.9. The summed E-state index contributed by atoms with van der Waals surface area (Å²) < 4.78 is 0. The summed E-state index contributed by atoms with van der Waals surface area (Å²) >= 11 is 0. The van der Waals surface area contributed by atoms with Crippen molar-refractivity contribution in [1.29, 1.82) is 0 Å². The molecular formula is C18H36O10. The van der Waals surface area contributed by atoms with Crippen LogP contribution in [0.5, 0.6) is 0 Å². The molecule has 1 N–H and O–H groups in total. The maximum atomic E-state index is 9.82. The topological polar surface area (TPSA) is 111 Å². The van der Waals surface area contributed by atoms with Gasteiger partial charge >= 0.3 is 6.16 Å². The Kier molecular flexibility index (Phi) is 23.2. The molecule has 0 aromatic carbocycles. The highest BCUT2D eigenvalue weighted by Crippen LogP contribution is 2.13. The number of carbonyl (C=O) groups is 1. The number of carboxylic acid groups (broad SMARTS) is 1. The molecule has 0 radical (unpaired) electrons. The predicted molar refractivity (Wildman–Crippen MR) is 96.5 cm³/mol. The van der Waals surface area contributed by atoms with Gasteiger partial charge in [0.2, 0.25) is 0 Å². The molecule has 0 aromatic rings. The van der Waals surface area contributed by atoms with Crippen LogP contribution in [0.4, 0.5) is 4.79 Å². The van der Waals surface area contributed by atoms with Crippen molar-refractivity contribution in [1.82, 2.24) is 0 Å². The smallest absolute Gasteiger partial charge is 0.448 e. The second kappa shape index (κ2) is 24.0. The summed E-state index contributed by atoms with van der Waals surface area (Å²) in [4.78, 5) is 17.9. The summed E-state index contributed by atoms with van der Waals surface area (Å²) in [5.74, 6) is 0. The quantitative estimate of drug-likeness (QED) is 0.120. The lowest BCUT2D eigenvalue weighted by Gasteiger charge is -2.03. The first-order valence-corrected chi connectivity index (χ1v) is 10.3. The molecule has 10 heteroatoms. The Morgan fingerprint density at radius 2 is 0.964 bits per heavy atom. The molecule has 0 heterocycles. The largest absolute Gasteiger partial charge is 0.540 e. The second-order valence-corrected chi connectivity index (χ2v) is 6.53. The van der Waals surface area contributed by atoms with Gasteiger partial charge < -0.3 is 5.11 Å². The summed E-state index contributed by atoms with van der Waals surface area (Å²) in [6.07, 6.45) is 17.6. The van der Waals surface area contributed by atoms with Gasteiger partial charge in [0, 0.05) is 15.1 Å². The van der Waals surface area contributed by atoms with Gasteiger partial charge in [-0.2, -0.15) is 0 Å². The molecule has 28 heavy (non-hydrogen) atoms. The normalized spacial score (nSPS) is 11.0. The lowest BCUT2D eigenvalue weighted by molar-refractivity contribution is -0.810. The Balaban J connectivity index is 2.99. The molecule has 0 aliphatic heterocycles. The van der Waals surface area contributed by atoms with Gasteiger partial charge in [0.15, 0.2) is 0 Å². The molecule has 0 atom stereocenters. The lowest BCUT2D eigenvalue weighted by atomic mass is 10.0. The highest BCUT2D eigenvalue weighted by molar-refractivity contribution is 5.55. The molecule has 168 valence electrons. The van der Waals surface area contributed by atoms with Crippen LogP contribution in [-0.4, -0.2) is 17.9 Å². The molecule has 0 saturated carbocycles. The zero-order chi connectivity index (χ0) is 20.5. The van der Waals surface area contributed by atoms with Crippen molar-refractivity contribution in [3.05, 3.63) is 0 Å². The van der Waals surface area contributed by atoms with Gasteiger partial charge in [-0.15, -0.1) is 0 Å². The van der Waals surface area contributed by atoms with E-state index in [1.807, 2.05) is 0 Å². The van der Waals surface area contributed by atoms with Crippen LogP contribution in [-0.2, 0) is 40.0 Å². The SMILES string of the molecule is CCCCCCCCCCCCCCCCCOOOOOOOOC(=O)O. The van der Waals surface area contributed by atoms with Crippen LogP contribution < -0.4 is 0 Å². The van der Waals surface area contributed by atoms with Crippen molar-refractivity contribution >= 4 is 6.16 Å². The second-order valence-electron chi connectivity index (χ2n) is 6.53. The Hall–Kier alpha value is -1.01. The molecule has 0 aliphatic rings. The van der Waals surface area contributed by atoms with Crippen molar-refractivity contribution < 1.29 is 49.9 Å². The molecule has 0 bridgehead atoms. The first kappa shape index (κ1) is 27.0. The van der Waals surface area contributed by atoms with E-state index in [0.717, 1.165) is 19.3 Å². The fourth-order valence-electron chi connectivity index (χ4n) is 2.67. The Labute approximate surface area is 166 Å². The maximum absolute atomic E-state index is 9.82. The summed E-state index contributed by atoms with van der Waals surface area (Å²) in [5.41, 5.74) is 0. The molecule has 0 rings (SSSR count). The molecular weight excluding hydrogens is 376 g/mol. The first-order valence-electron chi connectivity index (χ1n) is 10.3. The average molecular weight is 412 g/mol. The van der Waals surface area contributed by atoms with E-state index in [1.54, 1.807) is 0 Å². The summed E-state index contributed by atoms with van der Waals surface area (Å²) in [5, 5.41) is 30.6. The molecule has 10 nitrogen and oxygen atoms in total. The third-order valence-electron chi connectivity index (χ3n) is 4.12. The third-order valence-corrected chi connectivity index (χ3v) is 4.12. The minimum atomic E-state index is -1.73. The van der Waals surface area contributed by atoms with E-state index >= 15 is 0 Å². The predicted octanol–water partition coefficient (Wildman–Crippen LogP) is 6.07. The molecule has 0 saturated heterocycles. The van der Waals surface area contributed by atoms with Crippen LogP contribution in [0.15, 0.2) is 0 Å². The van der Waals surface area contributed by atoms with Gasteiger partial charge in [-0.3, -0.25) is 0 Å². The minimum Gasteiger partial charge on any atom is -0.448 e. The van der Waals surface area contributed by atoms with Gasteiger partial charge in [-0.05, 0) is 21.5 Å². The summed E-state index contributed by atoms with van der Waals surface area (Å²) in [6, 6.07) is 0. The number of unbranched alkanes of at least 4 members (excludes halogenated alkanes) is 14. The average Bonchev–Trinajstić information content (AvgIpc) is 2.68. The fourth-order valence-corrected chi connectivity index (χ4v) is 2.67. The van der Waals surface area contributed by atoms with Gasteiger partial charge in [-0.25, -0.2) is 14.6 Å². The third kappa shape index (κ3) is 25.0. The molecule has 0 aromatic heterocycles. The highest BCUT2D eigenvalue weighted by atomic mass is 17.9. The van der Waals surface area contributed by atoms with E-state index in [2.05, 4.69) is 46.9 Å². The van der Waals surface area contributed by atoms with Crippen molar-refractivity contribution in [2.75, 3.05) is 6.61 Å². The van der Waals surface area contributed by atoms with E-state index < -0.39 is 6.16 Å².